The minimum Gasteiger partial charge on any atom is -0.369 e. The van der Waals surface area contributed by atoms with Gasteiger partial charge in [-0.25, -0.2) is 9.97 Å². The first-order valence-electron chi connectivity index (χ1n) is 6.13. The van der Waals surface area contributed by atoms with Crippen LogP contribution in [0.15, 0.2) is 23.2 Å². The highest BCUT2D eigenvalue weighted by atomic mass is 79.9. The third kappa shape index (κ3) is 3.88. The van der Waals surface area contributed by atoms with Crippen molar-refractivity contribution in [2.24, 2.45) is 0 Å². The molecule has 2 N–H and O–H groups in total. The van der Waals surface area contributed by atoms with Gasteiger partial charge in [-0.1, -0.05) is 5.21 Å². The van der Waals surface area contributed by atoms with Crippen molar-refractivity contribution in [1.29, 1.82) is 0 Å². The monoisotopic (exact) mass is 325 g/mol. The Kier molecular flexibility index (Phi) is 5.08. The Bertz CT molecular complexity index is 500. The van der Waals surface area contributed by atoms with E-state index in [1.807, 2.05) is 13.1 Å². The Labute approximate surface area is 120 Å². The van der Waals surface area contributed by atoms with Gasteiger partial charge in [-0.15, -0.1) is 5.10 Å². The van der Waals surface area contributed by atoms with Gasteiger partial charge < -0.3 is 10.6 Å². The Morgan fingerprint density at radius 2 is 2.05 bits per heavy atom. The van der Waals surface area contributed by atoms with E-state index in [0.29, 0.717) is 0 Å². The van der Waals surface area contributed by atoms with Crippen LogP contribution >= 0.6 is 15.9 Å². The molecule has 0 aliphatic rings. The molecule has 0 saturated carbocycles. The maximum Gasteiger partial charge on any atom is 0.145 e. The molecule has 8 heteroatoms. The van der Waals surface area contributed by atoms with E-state index in [1.165, 1.54) is 0 Å². The molecule has 102 valence electrons. The van der Waals surface area contributed by atoms with Crippen LogP contribution in [0.1, 0.15) is 13.3 Å². The standard InChI is InChI=1S/C11H16BrN7/c1-2-13-10-9(12)11(16-8-15-10)14-4-3-6-19-7-5-17-18-19/h5,7-8H,2-4,6H2,1H3,(H2,13,14,15,16). The quantitative estimate of drug-likeness (QED) is 0.755. The molecule has 0 spiro atoms. The first-order chi connectivity index (χ1) is 9.31. The van der Waals surface area contributed by atoms with Gasteiger partial charge in [-0.2, -0.15) is 0 Å². The smallest absolute Gasteiger partial charge is 0.145 e. The van der Waals surface area contributed by atoms with Gasteiger partial charge >= 0.3 is 0 Å². The Hall–Kier alpha value is -1.70. The van der Waals surface area contributed by atoms with Gasteiger partial charge in [-0.3, -0.25) is 4.68 Å². The molecule has 2 aromatic rings. The highest BCUT2D eigenvalue weighted by Gasteiger charge is 2.06. The molecule has 7 nitrogen and oxygen atoms in total. The van der Waals surface area contributed by atoms with Crippen molar-refractivity contribution in [2.75, 3.05) is 23.7 Å². The lowest BCUT2D eigenvalue weighted by Crippen LogP contribution is -2.10. The van der Waals surface area contributed by atoms with Gasteiger partial charge in [0, 0.05) is 25.8 Å². The van der Waals surface area contributed by atoms with E-state index in [4.69, 9.17) is 0 Å². The van der Waals surface area contributed by atoms with E-state index < -0.39 is 0 Å². The van der Waals surface area contributed by atoms with E-state index in [9.17, 15) is 0 Å². The first kappa shape index (κ1) is 13.7. The molecule has 0 amide bonds. The molecular weight excluding hydrogens is 310 g/mol. The number of hydrogen-bond acceptors (Lipinski definition) is 6. The van der Waals surface area contributed by atoms with Gasteiger partial charge in [0.1, 0.15) is 22.4 Å². The summed E-state index contributed by atoms with van der Waals surface area (Å²) in [6.45, 7) is 4.48. The number of nitrogens with zero attached hydrogens (tertiary/aromatic N) is 5. The summed E-state index contributed by atoms with van der Waals surface area (Å²) in [6, 6.07) is 0. The van der Waals surface area contributed by atoms with Crippen molar-refractivity contribution in [3.63, 3.8) is 0 Å². The lowest BCUT2D eigenvalue weighted by molar-refractivity contribution is 0.569. The number of aromatic nitrogens is 5. The molecule has 0 aliphatic heterocycles. The van der Waals surface area contributed by atoms with Crippen LogP contribution in [0.4, 0.5) is 11.6 Å². The Balaban J connectivity index is 1.83. The maximum absolute atomic E-state index is 4.21. The average Bonchev–Trinajstić information content (AvgIpc) is 2.92. The Morgan fingerprint density at radius 1 is 1.26 bits per heavy atom. The maximum atomic E-state index is 4.21. The number of aryl methyl sites for hydroxylation is 1. The highest BCUT2D eigenvalue weighted by molar-refractivity contribution is 9.10. The SMILES string of the molecule is CCNc1ncnc(NCCCn2ccnn2)c1Br. The summed E-state index contributed by atoms with van der Waals surface area (Å²) in [5.41, 5.74) is 0. The predicted octanol–water partition coefficient (Wildman–Crippen LogP) is 1.76. The molecule has 0 unspecified atom stereocenters. The zero-order valence-corrected chi connectivity index (χ0v) is 12.3. The number of hydrogen-bond donors (Lipinski definition) is 2. The minimum absolute atomic E-state index is 0.796. The van der Waals surface area contributed by atoms with Gasteiger partial charge in [0.05, 0.1) is 6.20 Å². The molecule has 2 rings (SSSR count). The summed E-state index contributed by atoms with van der Waals surface area (Å²) in [4.78, 5) is 8.38. The van der Waals surface area contributed by atoms with Gasteiger partial charge in [-0.05, 0) is 29.3 Å². The van der Waals surface area contributed by atoms with Crippen LogP contribution in [0, 0.1) is 0 Å². The molecule has 0 atom stereocenters. The fourth-order valence-corrected chi connectivity index (χ4v) is 2.07. The van der Waals surface area contributed by atoms with E-state index in [-0.39, 0.29) is 0 Å². The van der Waals surface area contributed by atoms with Gasteiger partial charge in [0.2, 0.25) is 0 Å². The highest BCUT2D eigenvalue weighted by Crippen LogP contribution is 2.26. The normalized spacial score (nSPS) is 10.4. The van der Waals surface area contributed by atoms with Gasteiger partial charge in [0.25, 0.3) is 0 Å². The predicted molar refractivity (Wildman–Crippen MR) is 77.0 cm³/mol. The first-order valence-corrected chi connectivity index (χ1v) is 6.93. The van der Waals surface area contributed by atoms with Crippen molar-refractivity contribution in [3.8, 4) is 0 Å². The van der Waals surface area contributed by atoms with Crippen molar-refractivity contribution >= 4 is 27.6 Å². The molecule has 0 aromatic carbocycles. The molecule has 0 fully saturated rings. The molecule has 2 aromatic heterocycles. The molecule has 0 bridgehead atoms. The van der Waals surface area contributed by atoms with Crippen LogP contribution in [0.5, 0.6) is 0 Å². The third-order valence-corrected chi connectivity index (χ3v) is 3.21. The molecule has 19 heavy (non-hydrogen) atoms. The molecule has 0 aliphatic carbocycles. The number of rotatable bonds is 7. The second-order valence-corrected chi connectivity index (χ2v) is 4.65. The lowest BCUT2D eigenvalue weighted by atomic mass is 10.4. The second kappa shape index (κ2) is 7.03. The fourth-order valence-electron chi connectivity index (χ4n) is 1.58. The summed E-state index contributed by atoms with van der Waals surface area (Å²) >= 11 is 3.50. The molecular formula is C11H16BrN7. The zero-order chi connectivity index (χ0) is 13.5. The summed E-state index contributed by atoms with van der Waals surface area (Å²) in [5, 5.41) is 14.1. The van der Waals surface area contributed by atoms with Crippen molar-refractivity contribution in [1.82, 2.24) is 25.0 Å². The van der Waals surface area contributed by atoms with Crippen LogP contribution < -0.4 is 10.6 Å². The zero-order valence-electron chi connectivity index (χ0n) is 10.7. The number of anilines is 2. The van der Waals surface area contributed by atoms with E-state index in [1.54, 1.807) is 17.2 Å². The number of nitrogens with one attached hydrogen (secondary N) is 2. The largest absolute Gasteiger partial charge is 0.369 e. The van der Waals surface area contributed by atoms with Crippen LogP contribution in [-0.2, 0) is 6.54 Å². The van der Waals surface area contributed by atoms with E-state index in [2.05, 4.69) is 46.8 Å². The third-order valence-electron chi connectivity index (χ3n) is 2.46. The van der Waals surface area contributed by atoms with Crippen LogP contribution in [0.2, 0.25) is 0 Å². The number of halogens is 1. The minimum atomic E-state index is 0.796. The van der Waals surface area contributed by atoms with E-state index >= 15 is 0 Å². The average molecular weight is 326 g/mol. The Morgan fingerprint density at radius 3 is 2.74 bits per heavy atom. The van der Waals surface area contributed by atoms with Crippen LogP contribution in [-0.4, -0.2) is 38.1 Å². The fraction of sp³-hybridized carbons (Fsp3) is 0.455. The van der Waals surface area contributed by atoms with Crippen LogP contribution in [0.3, 0.4) is 0 Å². The topological polar surface area (TPSA) is 80.5 Å². The summed E-state index contributed by atoms with van der Waals surface area (Å²) in [6.07, 6.45) is 6.01. The van der Waals surface area contributed by atoms with Crippen molar-refractivity contribution < 1.29 is 0 Å². The molecule has 0 radical (unpaired) electrons. The molecule has 2 heterocycles. The summed E-state index contributed by atoms with van der Waals surface area (Å²) in [7, 11) is 0. The summed E-state index contributed by atoms with van der Waals surface area (Å²) in [5.74, 6) is 1.60. The van der Waals surface area contributed by atoms with Gasteiger partial charge in [0.15, 0.2) is 0 Å². The second-order valence-electron chi connectivity index (χ2n) is 3.86. The summed E-state index contributed by atoms with van der Waals surface area (Å²) < 4.78 is 2.67. The molecule has 0 saturated heterocycles. The van der Waals surface area contributed by atoms with Crippen LogP contribution in [0.25, 0.3) is 0 Å². The van der Waals surface area contributed by atoms with Crippen molar-refractivity contribution in [3.05, 3.63) is 23.2 Å². The van der Waals surface area contributed by atoms with Crippen molar-refractivity contribution in [2.45, 2.75) is 19.9 Å². The van der Waals surface area contributed by atoms with E-state index in [0.717, 1.165) is 42.2 Å². The lowest BCUT2D eigenvalue weighted by Gasteiger charge is -2.10.